The van der Waals surface area contributed by atoms with E-state index in [0.29, 0.717) is 11.0 Å². The van der Waals surface area contributed by atoms with Crippen LogP contribution in [-0.2, 0) is 0 Å². The monoisotopic (exact) mass is 309 g/mol. The summed E-state index contributed by atoms with van der Waals surface area (Å²) in [6, 6.07) is 6.00. The first-order chi connectivity index (χ1) is 8.52. The van der Waals surface area contributed by atoms with Gasteiger partial charge in [-0.05, 0) is 58.8 Å². The number of nitrogens with zero attached hydrogens (tertiary/aromatic N) is 1. The second-order valence-corrected chi connectivity index (χ2v) is 6.68. The summed E-state index contributed by atoms with van der Waals surface area (Å²) in [4.78, 5) is 13.2. The standard InChI is InChI=1S/C15H20BrNO/c1-15(2)6-3-8-17(9-7-15)13-5-4-12(11-18)14(16)10-13/h4-5,10-11H,3,6-9H2,1-2H3. The van der Waals surface area contributed by atoms with Crippen LogP contribution in [0.2, 0.25) is 0 Å². The summed E-state index contributed by atoms with van der Waals surface area (Å²) in [7, 11) is 0. The van der Waals surface area contributed by atoms with E-state index in [0.717, 1.165) is 23.8 Å². The van der Waals surface area contributed by atoms with Crippen LogP contribution < -0.4 is 4.90 Å². The first-order valence-electron chi connectivity index (χ1n) is 6.51. The van der Waals surface area contributed by atoms with Crippen LogP contribution >= 0.6 is 15.9 Å². The Hall–Kier alpha value is -0.830. The quantitative estimate of drug-likeness (QED) is 0.760. The summed E-state index contributed by atoms with van der Waals surface area (Å²) in [6.45, 7) is 6.90. The maximum Gasteiger partial charge on any atom is 0.151 e. The minimum Gasteiger partial charge on any atom is -0.371 e. The molecular weight excluding hydrogens is 290 g/mol. The lowest BCUT2D eigenvalue weighted by atomic mass is 9.85. The fraction of sp³-hybridized carbons (Fsp3) is 0.533. The zero-order valence-corrected chi connectivity index (χ0v) is 12.7. The van der Waals surface area contributed by atoms with Gasteiger partial charge in [0, 0.05) is 28.8 Å². The molecule has 1 aliphatic rings. The highest BCUT2D eigenvalue weighted by molar-refractivity contribution is 9.10. The fourth-order valence-corrected chi connectivity index (χ4v) is 2.95. The SMILES string of the molecule is CC1(C)CCCN(c2ccc(C=O)c(Br)c2)CC1. The molecule has 0 atom stereocenters. The number of benzene rings is 1. The first kappa shape index (κ1) is 13.6. The third-order valence-electron chi connectivity index (χ3n) is 3.82. The molecule has 1 heterocycles. The van der Waals surface area contributed by atoms with E-state index in [9.17, 15) is 4.79 Å². The third kappa shape index (κ3) is 3.14. The molecule has 0 bridgehead atoms. The fourth-order valence-electron chi connectivity index (χ4n) is 2.49. The molecule has 0 N–H and O–H groups in total. The molecule has 1 fully saturated rings. The molecule has 0 unspecified atom stereocenters. The molecule has 1 aromatic rings. The Morgan fingerprint density at radius 3 is 2.72 bits per heavy atom. The Kier molecular flexibility index (Phi) is 4.10. The molecular formula is C15H20BrNO. The van der Waals surface area contributed by atoms with Gasteiger partial charge in [-0.3, -0.25) is 4.79 Å². The lowest BCUT2D eigenvalue weighted by Crippen LogP contribution is -2.25. The lowest BCUT2D eigenvalue weighted by molar-refractivity contribution is 0.112. The number of halogens is 1. The number of rotatable bonds is 2. The van der Waals surface area contributed by atoms with Crippen molar-refractivity contribution < 1.29 is 4.79 Å². The van der Waals surface area contributed by atoms with E-state index in [1.807, 2.05) is 12.1 Å². The van der Waals surface area contributed by atoms with Crippen molar-refractivity contribution in [2.24, 2.45) is 5.41 Å². The number of anilines is 1. The van der Waals surface area contributed by atoms with Gasteiger partial charge in [0.05, 0.1) is 0 Å². The Balaban J connectivity index is 2.16. The molecule has 0 aromatic heterocycles. The van der Waals surface area contributed by atoms with Gasteiger partial charge in [-0.25, -0.2) is 0 Å². The van der Waals surface area contributed by atoms with E-state index in [1.165, 1.54) is 24.9 Å². The van der Waals surface area contributed by atoms with Crippen LogP contribution in [0.3, 0.4) is 0 Å². The third-order valence-corrected chi connectivity index (χ3v) is 4.50. The van der Waals surface area contributed by atoms with E-state index in [2.05, 4.69) is 40.7 Å². The van der Waals surface area contributed by atoms with Gasteiger partial charge in [-0.2, -0.15) is 0 Å². The summed E-state index contributed by atoms with van der Waals surface area (Å²) in [5, 5.41) is 0. The average molecular weight is 310 g/mol. The van der Waals surface area contributed by atoms with E-state index < -0.39 is 0 Å². The van der Waals surface area contributed by atoms with E-state index in [-0.39, 0.29) is 0 Å². The minimum atomic E-state index is 0.453. The van der Waals surface area contributed by atoms with Crippen LogP contribution in [0, 0.1) is 5.41 Å². The second kappa shape index (κ2) is 5.43. The number of hydrogen-bond acceptors (Lipinski definition) is 2. The van der Waals surface area contributed by atoms with Crippen LogP contribution in [0.5, 0.6) is 0 Å². The Labute approximate surface area is 117 Å². The van der Waals surface area contributed by atoms with Crippen molar-refractivity contribution in [2.75, 3.05) is 18.0 Å². The van der Waals surface area contributed by atoms with Crippen LogP contribution in [0.4, 0.5) is 5.69 Å². The van der Waals surface area contributed by atoms with E-state index in [1.54, 1.807) is 0 Å². The van der Waals surface area contributed by atoms with Crippen LogP contribution in [-0.4, -0.2) is 19.4 Å². The highest BCUT2D eigenvalue weighted by Gasteiger charge is 2.23. The highest BCUT2D eigenvalue weighted by Crippen LogP contribution is 2.32. The van der Waals surface area contributed by atoms with Gasteiger partial charge in [-0.15, -0.1) is 0 Å². The Morgan fingerprint density at radius 1 is 1.28 bits per heavy atom. The average Bonchev–Trinajstić information content (AvgIpc) is 2.50. The first-order valence-corrected chi connectivity index (χ1v) is 7.31. The molecule has 0 amide bonds. The maximum atomic E-state index is 10.8. The summed E-state index contributed by atoms with van der Waals surface area (Å²) in [5.74, 6) is 0. The minimum absolute atomic E-state index is 0.453. The van der Waals surface area contributed by atoms with Gasteiger partial charge in [-0.1, -0.05) is 13.8 Å². The molecule has 2 rings (SSSR count). The molecule has 0 saturated carbocycles. The van der Waals surface area contributed by atoms with E-state index >= 15 is 0 Å². The number of carbonyl (C=O) groups excluding carboxylic acids is 1. The van der Waals surface area contributed by atoms with Gasteiger partial charge in [0.2, 0.25) is 0 Å². The van der Waals surface area contributed by atoms with Crippen molar-refractivity contribution in [1.82, 2.24) is 0 Å². The van der Waals surface area contributed by atoms with Crippen molar-refractivity contribution in [2.45, 2.75) is 33.1 Å². The van der Waals surface area contributed by atoms with Gasteiger partial charge < -0.3 is 4.90 Å². The van der Waals surface area contributed by atoms with Gasteiger partial charge in [0.1, 0.15) is 0 Å². The number of aldehydes is 1. The lowest BCUT2D eigenvalue weighted by Gasteiger charge is -2.25. The zero-order chi connectivity index (χ0) is 13.2. The summed E-state index contributed by atoms with van der Waals surface area (Å²) < 4.78 is 0.888. The Bertz CT molecular complexity index is 442. The number of hydrogen-bond donors (Lipinski definition) is 0. The second-order valence-electron chi connectivity index (χ2n) is 5.83. The molecule has 1 aliphatic heterocycles. The largest absolute Gasteiger partial charge is 0.371 e. The molecule has 0 spiro atoms. The molecule has 3 heteroatoms. The van der Waals surface area contributed by atoms with Crippen molar-refractivity contribution in [1.29, 1.82) is 0 Å². The number of carbonyl (C=O) groups is 1. The Morgan fingerprint density at radius 2 is 2.06 bits per heavy atom. The van der Waals surface area contributed by atoms with Crippen LogP contribution in [0.25, 0.3) is 0 Å². The summed E-state index contributed by atoms with van der Waals surface area (Å²) in [6.07, 6.45) is 4.64. The summed E-state index contributed by atoms with van der Waals surface area (Å²) >= 11 is 3.46. The van der Waals surface area contributed by atoms with E-state index in [4.69, 9.17) is 0 Å². The topological polar surface area (TPSA) is 20.3 Å². The molecule has 98 valence electrons. The molecule has 2 nitrogen and oxygen atoms in total. The highest BCUT2D eigenvalue weighted by atomic mass is 79.9. The molecule has 18 heavy (non-hydrogen) atoms. The van der Waals surface area contributed by atoms with Crippen molar-refractivity contribution in [3.63, 3.8) is 0 Å². The van der Waals surface area contributed by atoms with Crippen molar-refractivity contribution in [3.05, 3.63) is 28.2 Å². The predicted molar refractivity (Wildman–Crippen MR) is 79.4 cm³/mol. The zero-order valence-electron chi connectivity index (χ0n) is 11.1. The molecule has 0 aliphatic carbocycles. The van der Waals surface area contributed by atoms with Crippen molar-refractivity contribution in [3.8, 4) is 0 Å². The van der Waals surface area contributed by atoms with Crippen LogP contribution in [0.1, 0.15) is 43.5 Å². The molecule has 0 radical (unpaired) electrons. The van der Waals surface area contributed by atoms with Crippen LogP contribution in [0.15, 0.2) is 22.7 Å². The van der Waals surface area contributed by atoms with Gasteiger partial charge in [0.15, 0.2) is 6.29 Å². The normalized spacial score (nSPS) is 19.4. The smallest absolute Gasteiger partial charge is 0.151 e. The van der Waals surface area contributed by atoms with Gasteiger partial charge in [0.25, 0.3) is 0 Å². The summed E-state index contributed by atoms with van der Waals surface area (Å²) in [5.41, 5.74) is 2.38. The van der Waals surface area contributed by atoms with Crippen molar-refractivity contribution >= 4 is 27.9 Å². The molecule has 1 saturated heterocycles. The molecule has 1 aromatic carbocycles. The van der Waals surface area contributed by atoms with Gasteiger partial charge >= 0.3 is 0 Å². The predicted octanol–water partition coefficient (Wildman–Crippen LogP) is 4.28. The maximum absolute atomic E-state index is 10.8.